The number of carboxylic acids is 1. The molecule has 1 fully saturated rings. The van der Waals surface area contributed by atoms with Crippen molar-refractivity contribution in [3.8, 4) is 0 Å². The van der Waals surface area contributed by atoms with Gasteiger partial charge in [0.2, 0.25) is 10.0 Å². The molecule has 0 aromatic carbocycles. The summed E-state index contributed by atoms with van der Waals surface area (Å²) in [6, 6.07) is 0.600. The van der Waals surface area contributed by atoms with Gasteiger partial charge < -0.3 is 10.2 Å². The second-order valence-corrected chi connectivity index (χ2v) is 8.69. The van der Waals surface area contributed by atoms with Gasteiger partial charge in [-0.25, -0.2) is 17.9 Å². The molecule has 0 spiro atoms. The van der Waals surface area contributed by atoms with Gasteiger partial charge >= 0.3 is 5.97 Å². The number of carbonyl (C=O) groups is 1. The molecule has 0 radical (unpaired) electrons. The second-order valence-electron chi connectivity index (χ2n) is 4.63. The number of rotatable bonds is 4. The van der Waals surface area contributed by atoms with E-state index in [1.54, 1.807) is 0 Å². The topological polar surface area (TPSA) is 104 Å². The maximum Gasteiger partial charge on any atom is 0.345 e. The lowest BCUT2D eigenvalue weighted by Crippen LogP contribution is -2.44. The van der Waals surface area contributed by atoms with Crippen LogP contribution in [0.1, 0.15) is 35.4 Å². The Morgan fingerprint density at radius 1 is 1.40 bits per heavy atom. The SMILES string of the molecule is O=C(O)c1cc(S(=O)(=O)N[C@H]2CCCC[C@@H]2O)c(Br)s1. The maximum atomic E-state index is 12.3. The number of aromatic carboxylic acids is 1. The van der Waals surface area contributed by atoms with Gasteiger partial charge in [-0.2, -0.15) is 0 Å². The summed E-state index contributed by atoms with van der Waals surface area (Å²) < 4.78 is 27.2. The van der Waals surface area contributed by atoms with E-state index in [2.05, 4.69) is 20.7 Å². The van der Waals surface area contributed by atoms with Crippen molar-refractivity contribution in [1.82, 2.24) is 4.72 Å². The summed E-state index contributed by atoms with van der Waals surface area (Å²) in [4.78, 5) is 10.7. The minimum Gasteiger partial charge on any atom is -0.477 e. The molecular weight excluding hydrogens is 370 g/mol. The predicted molar refractivity (Wildman–Crippen MR) is 77.6 cm³/mol. The first-order valence-electron chi connectivity index (χ1n) is 6.04. The van der Waals surface area contributed by atoms with Crippen molar-refractivity contribution >= 4 is 43.3 Å². The fraction of sp³-hybridized carbons (Fsp3) is 0.545. The Bertz CT molecular complexity index is 612. The molecule has 0 amide bonds. The molecule has 0 bridgehead atoms. The fourth-order valence-corrected chi connectivity index (χ4v) is 5.86. The molecule has 1 heterocycles. The first-order valence-corrected chi connectivity index (χ1v) is 9.13. The van der Waals surface area contributed by atoms with Crippen LogP contribution in [0.5, 0.6) is 0 Å². The Kier molecular flexibility index (Phi) is 4.85. The highest BCUT2D eigenvalue weighted by Gasteiger charge is 2.30. The molecule has 9 heteroatoms. The Balaban J connectivity index is 2.24. The first kappa shape index (κ1) is 15.9. The summed E-state index contributed by atoms with van der Waals surface area (Å²) in [6.07, 6.45) is 2.18. The van der Waals surface area contributed by atoms with Gasteiger partial charge in [-0.1, -0.05) is 12.8 Å². The van der Waals surface area contributed by atoms with Crippen LogP contribution in [0, 0.1) is 0 Å². The van der Waals surface area contributed by atoms with E-state index < -0.39 is 28.1 Å². The van der Waals surface area contributed by atoms with Crippen molar-refractivity contribution in [3.05, 3.63) is 14.7 Å². The molecule has 20 heavy (non-hydrogen) atoms. The first-order chi connectivity index (χ1) is 9.31. The summed E-state index contributed by atoms with van der Waals surface area (Å²) >= 11 is 3.92. The number of carboxylic acid groups (broad SMARTS) is 1. The summed E-state index contributed by atoms with van der Waals surface area (Å²) in [5.74, 6) is -1.17. The Morgan fingerprint density at radius 3 is 2.60 bits per heavy atom. The number of nitrogens with one attached hydrogen (secondary N) is 1. The number of hydrogen-bond donors (Lipinski definition) is 3. The second kappa shape index (κ2) is 6.10. The average molecular weight is 384 g/mol. The molecule has 0 unspecified atom stereocenters. The number of aliphatic hydroxyl groups excluding tert-OH is 1. The van der Waals surface area contributed by atoms with Crippen LogP contribution in [0.15, 0.2) is 14.7 Å². The molecule has 0 aliphatic heterocycles. The van der Waals surface area contributed by atoms with Crippen LogP contribution in [0.3, 0.4) is 0 Å². The largest absolute Gasteiger partial charge is 0.477 e. The predicted octanol–water partition coefficient (Wildman–Crippen LogP) is 1.79. The highest BCUT2D eigenvalue weighted by Crippen LogP contribution is 2.32. The van der Waals surface area contributed by atoms with Crippen LogP contribution < -0.4 is 4.72 Å². The number of thiophene rings is 1. The van der Waals surface area contributed by atoms with Crippen molar-refractivity contribution in [2.45, 2.75) is 42.7 Å². The Morgan fingerprint density at radius 2 is 2.05 bits per heavy atom. The lowest BCUT2D eigenvalue weighted by atomic mass is 9.93. The zero-order chi connectivity index (χ0) is 14.9. The van der Waals surface area contributed by atoms with Crippen LogP contribution in [0.25, 0.3) is 0 Å². The zero-order valence-electron chi connectivity index (χ0n) is 10.4. The van der Waals surface area contributed by atoms with Crippen LogP contribution in [0.2, 0.25) is 0 Å². The monoisotopic (exact) mass is 383 g/mol. The van der Waals surface area contributed by atoms with Crippen molar-refractivity contribution < 1.29 is 23.4 Å². The fourth-order valence-electron chi connectivity index (χ4n) is 2.15. The maximum absolute atomic E-state index is 12.3. The minimum absolute atomic E-state index is 0.0542. The van der Waals surface area contributed by atoms with Crippen molar-refractivity contribution in [3.63, 3.8) is 0 Å². The van der Waals surface area contributed by atoms with Crippen LogP contribution >= 0.6 is 27.3 Å². The molecule has 3 N–H and O–H groups in total. The molecule has 2 rings (SSSR count). The van der Waals surface area contributed by atoms with Crippen LogP contribution in [-0.4, -0.2) is 36.7 Å². The summed E-state index contributed by atoms with van der Waals surface area (Å²) in [5.41, 5.74) is 0. The van der Waals surface area contributed by atoms with Crippen molar-refractivity contribution in [1.29, 1.82) is 0 Å². The molecular formula is C11H14BrNO5S2. The Hall–Kier alpha value is -0.480. The van der Waals surface area contributed by atoms with E-state index in [0.29, 0.717) is 12.8 Å². The smallest absolute Gasteiger partial charge is 0.345 e. The van der Waals surface area contributed by atoms with E-state index in [4.69, 9.17) is 5.11 Å². The molecule has 112 valence electrons. The van der Waals surface area contributed by atoms with E-state index in [1.165, 1.54) is 0 Å². The molecule has 0 saturated heterocycles. The molecule has 1 aromatic rings. The van der Waals surface area contributed by atoms with Gasteiger partial charge in [-0.3, -0.25) is 0 Å². The third-order valence-electron chi connectivity index (χ3n) is 3.19. The van der Waals surface area contributed by atoms with Gasteiger partial charge in [-0.15, -0.1) is 11.3 Å². The Labute approximate surface area is 129 Å². The van der Waals surface area contributed by atoms with Gasteiger partial charge in [-0.05, 0) is 34.8 Å². The highest BCUT2D eigenvalue weighted by atomic mass is 79.9. The van der Waals surface area contributed by atoms with Crippen molar-refractivity contribution in [2.24, 2.45) is 0 Å². The zero-order valence-corrected chi connectivity index (χ0v) is 13.6. The number of aliphatic hydroxyl groups is 1. The van der Waals surface area contributed by atoms with E-state index in [0.717, 1.165) is 30.2 Å². The molecule has 1 saturated carbocycles. The molecule has 1 aromatic heterocycles. The van der Waals surface area contributed by atoms with E-state index >= 15 is 0 Å². The number of halogens is 1. The van der Waals surface area contributed by atoms with Gasteiger partial charge in [0.15, 0.2) is 0 Å². The van der Waals surface area contributed by atoms with E-state index in [1.807, 2.05) is 0 Å². The minimum atomic E-state index is -3.85. The average Bonchev–Trinajstić information content (AvgIpc) is 2.75. The van der Waals surface area contributed by atoms with Crippen LogP contribution in [0.4, 0.5) is 0 Å². The normalized spacial score (nSPS) is 23.7. The quantitative estimate of drug-likeness (QED) is 0.735. The molecule has 1 aliphatic rings. The summed E-state index contributed by atoms with van der Waals surface area (Å²) in [6.45, 7) is 0. The van der Waals surface area contributed by atoms with E-state index in [9.17, 15) is 18.3 Å². The van der Waals surface area contributed by atoms with Gasteiger partial charge in [0.05, 0.1) is 9.89 Å². The molecule has 6 nitrogen and oxygen atoms in total. The summed E-state index contributed by atoms with van der Waals surface area (Å²) in [7, 11) is -3.85. The number of sulfonamides is 1. The van der Waals surface area contributed by atoms with E-state index in [-0.39, 0.29) is 13.6 Å². The standard InChI is InChI=1S/C11H14BrNO5S2/c12-10-9(5-8(19-10)11(15)16)20(17,18)13-6-3-1-2-4-7(6)14/h5-7,13-14H,1-4H2,(H,15,16)/t6-,7-/m0/s1. The summed E-state index contributed by atoms with van der Waals surface area (Å²) in [5, 5.41) is 18.7. The molecule has 2 atom stereocenters. The third-order valence-corrected chi connectivity index (χ3v) is 6.92. The van der Waals surface area contributed by atoms with Gasteiger partial charge in [0, 0.05) is 6.04 Å². The third kappa shape index (κ3) is 3.40. The highest BCUT2D eigenvalue weighted by molar-refractivity contribution is 9.11. The molecule has 1 aliphatic carbocycles. The lowest BCUT2D eigenvalue weighted by molar-refractivity contribution is 0.0702. The van der Waals surface area contributed by atoms with Crippen molar-refractivity contribution in [2.75, 3.05) is 0 Å². The van der Waals surface area contributed by atoms with Gasteiger partial charge in [0.1, 0.15) is 9.77 Å². The lowest BCUT2D eigenvalue weighted by Gasteiger charge is -2.27. The van der Waals surface area contributed by atoms with Crippen LogP contribution in [-0.2, 0) is 10.0 Å². The van der Waals surface area contributed by atoms with Gasteiger partial charge in [0.25, 0.3) is 0 Å². The number of hydrogen-bond acceptors (Lipinski definition) is 5.